The van der Waals surface area contributed by atoms with E-state index < -0.39 is 12.2 Å². The molecule has 0 heterocycles. The molecule has 2 unspecified atom stereocenters. The maximum Gasteiger partial charge on any atom is 0.203 e. The second kappa shape index (κ2) is 12.4. The van der Waals surface area contributed by atoms with E-state index in [0.29, 0.717) is 34.1 Å². The highest BCUT2D eigenvalue weighted by atomic mass is 16.5. The monoisotopic (exact) mass is 496 g/mol. The molecule has 0 bridgehead atoms. The fraction of sp³-hybridized carbons (Fsp3) is 0.161. The van der Waals surface area contributed by atoms with Crippen molar-refractivity contribution in [2.75, 3.05) is 14.2 Å². The minimum atomic E-state index is -1.00. The molecule has 2 atom stereocenters. The Hall–Kier alpha value is -4.58. The van der Waals surface area contributed by atoms with E-state index in [1.165, 1.54) is 0 Å². The zero-order valence-electron chi connectivity index (χ0n) is 20.7. The summed E-state index contributed by atoms with van der Waals surface area (Å²) < 4.78 is 23.0. The van der Waals surface area contributed by atoms with E-state index in [2.05, 4.69) is 0 Å². The van der Waals surface area contributed by atoms with Crippen molar-refractivity contribution in [2.45, 2.75) is 18.6 Å². The first-order valence-electron chi connectivity index (χ1n) is 11.9. The van der Waals surface area contributed by atoms with Crippen molar-refractivity contribution in [3.63, 3.8) is 0 Å². The van der Waals surface area contributed by atoms with Gasteiger partial charge in [0, 0.05) is 29.7 Å². The average Bonchev–Trinajstić information content (AvgIpc) is 2.96. The van der Waals surface area contributed by atoms with Gasteiger partial charge in [-0.3, -0.25) is 9.59 Å². The van der Waals surface area contributed by atoms with Gasteiger partial charge in [0.05, 0.1) is 14.2 Å². The number of ether oxygens (including phenoxy) is 4. The summed E-state index contributed by atoms with van der Waals surface area (Å²) in [5.41, 5.74) is 0.949. The molecule has 0 aliphatic heterocycles. The second-order valence-corrected chi connectivity index (χ2v) is 8.27. The molecule has 6 heteroatoms. The van der Waals surface area contributed by atoms with Gasteiger partial charge in [0.1, 0.15) is 23.0 Å². The Bertz CT molecular complexity index is 1220. The van der Waals surface area contributed by atoms with Crippen LogP contribution in [0.5, 0.6) is 23.0 Å². The van der Waals surface area contributed by atoms with Crippen LogP contribution in [-0.4, -0.2) is 38.0 Å². The van der Waals surface area contributed by atoms with Gasteiger partial charge in [-0.1, -0.05) is 72.8 Å². The zero-order valence-corrected chi connectivity index (χ0v) is 20.7. The standard InChI is InChI=1S/C31H28O6/c1-34-24-15-9-17-26(19-24)36-28(30(32)22-11-5-3-6-12-22)21-29(31(33)23-13-7-4-8-14-23)37-27-18-10-16-25(20-27)35-2/h3-20,28-29H,21H2,1-2H3. The number of rotatable bonds is 12. The Morgan fingerprint density at radius 1 is 0.541 bits per heavy atom. The lowest BCUT2D eigenvalue weighted by molar-refractivity contribution is 0.0588. The fourth-order valence-electron chi connectivity index (χ4n) is 3.87. The molecule has 0 saturated heterocycles. The SMILES string of the molecule is COc1cccc(OC(CC(Oc2cccc(OC)c2)C(=O)c2ccccc2)C(=O)c2ccccc2)c1. The Labute approximate surface area is 216 Å². The van der Waals surface area contributed by atoms with Crippen LogP contribution in [0.3, 0.4) is 0 Å². The first-order chi connectivity index (χ1) is 18.1. The van der Waals surface area contributed by atoms with Crippen LogP contribution in [0.15, 0.2) is 109 Å². The number of Topliss-reactive ketones (excluding diaryl/α,β-unsaturated/α-hetero) is 2. The maximum atomic E-state index is 13.6. The first-order valence-corrected chi connectivity index (χ1v) is 11.9. The number of hydrogen-bond acceptors (Lipinski definition) is 6. The predicted molar refractivity (Wildman–Crippen MR) is 141 cm³/mol. The van der Waals surface area contributed by atoms with Crippen LogP contribution in [0, 0.1) is 0 Å². The maximum absolute atomic E-state index is 13.6. The van der Waals surface area contributed by atoms with Gasteiger partial charge >= 0.3 is 0 Å². The van der Waals surface area contributed by atoms with Gasteiger partial charge in [-0.15, -0.1) is 0 Å². The van der Waals surface area contributed by atoms with E-state index in [0.717, 1.165) is 0 Å². The molecule has 0 aliphatic carbocycles. The molecule has 0 fully saturated rings. The summed E-state index contributed by atoms with van der Waals surface area (Å²) in [5, 5.41) is 0. The third kappa shape index (κ3) is 6.76. The number of benzene rings is 4. The van der Waals surface area contributed by atoms with E-state index >= 15 is 0 Å². The summed E-state index contributed by atoms with van der Waals surface area (Å²) in [7, 11) is 3.12. The summed E-state index contributed by atoms with van der Waals surface area (Å²) in [5.74, 6) is 1.55. The minimum absolute atomic E-state index is 0.0180. The lowest BCUT2D eigenvalue weighted by Gasteiger charge is -2.24. The Kier molecular flexibility index (Phi) is 8.55. The molecule has 6 nitrogen and oxygen atoms in total. The molecule has 0 radical (unpaired) electrons. The molecule has 4 aromatic carbocycles. The van der Waals surface area contributed by atoms with Gasteiger partial charge in [-0.25, -0.2) is 0 Å². The first kappa shape index (κ1) is 25.5. The zero-order chi connectivity index (χ0) is 26.0. The van der Waals surface area contributed by atoms with Crippen LogP contribution in [-0.2, 0) is 0 Å². The molecular formula is C31H28O6. The smallest absolute Gasteiger partial charge is 0.203 e. The minimum Gasteiger partial charge on any atom is -0.497 e. The number of carbonyl (C=O) groups is 2. The summed E-state index contributed by atoms with van der Waals surface area (Å²) in [6.45, 7) is 0. The molecular weight excluding hydrogens is 468 g/mol. The number of carbonyl (C=O) groups excluding carboxylic acids is 2. The number of ketones is 2. The topological polar surface area (TPSA) is 71.1 Å². The van der Waals surface area contributed by atoms with Crippen molar-refractivity contribution in [3.05, 3.63) is 120 Å². The summed E-state index contributed by atoms with van der Waals surface area (Å²) >= 11 is 0. The normalized spacial score (nSPS) is 12.2. The van der Waals surface area contributed by atoms with Crippen molar-refractivity contribution in [2.24, 2.45) is 0 Å². The fourth-order valence-corrected chi connectivity index (χ4v) is 3.87. The quantitative estimate of drug-likeness (QED) is 0.222. The molecule has 0 aromatic heterocycles. The van der Waals surface area contributed by atoms with Crippen molar-refractivity contribution in [1.82, 2.24) is 0 Å². The number of hydrogen-bond donors (Lipinski definition) is 0. The van der Waals surface area contributed by atoms with Crippen molar-refractivity contribution < 1.29 is 28.5 Å². The van der Waals surface area contributed by atoms with Gasteiger partial charge < -0.3 is 18.9 Å². The Morgan fingerprint density at radius 3 is 1.30 bits per heavy atom. The van der Waals surface area contributed by atoms with Gasteiger partial charge in [-0.05, 0) is 24.3 Å². The highest BCUT2D eigenvalue weighted by Crippen LogP contribution is 2.26. The lowest BCUT2D eigenvalue weighted by atomic mass is 9.96. The van der Waals surface area contributed by atoms with Crippen LogP contribution < -0.4 is 18.9 Å². The third-order valence-corrected chi connectivity index (χ3v) is 5.77. The van der Waals surface area contributed by atoms with E-state index in [9.17, 15) is 9.59 Å². The van der Waals surface area contributed by atoms with E-state index in [1.807, 2.05) is 12.1 Å². The molecule has 0 spiro atoms. The lowest BCUT2D eigenvalue weighted by Crippen LogP contribution is -2.38. The molecule has 0 saturated carbocycles. The summed E-state index contributed by atoms with van der Waals surface area (Å²) in [6.07, 6.45) is -2.02. The molecule has 4 aromatic rings. The van der Waals surface area contributed by atoms with E-state index in [1.54, 1.807) is 111 Å². The van der Waals surface area contributed by atoms with E-state index in [4.69, 9.17) is 18.9 Å². The highest BCUT2D eigenvalue weighted by Gasteiger charge is 2.32. The highest BCUT2D eigenvalue weighted by molar-refractivity contribution is 6.02. The molecule has 37 heavy (non-hydrogen) atoms. The Morgan fingerprint density at radius 2 is 0.919 bits per heavy atom. The largest absolute Gasteiger partial charge is 0.497 e. The molecule has 4 rings (SSSR count). The van der Waals surface area contributed by atoms with Crippen LogP contribution in [0.4, 0.5) is 0 Å². The van der Waals surface area contributed by atoms with Gasteiger partial charge in [0.25, 0.3) is 0 Å². The average molecular weight is 497 g/mol. The van der Waals surface area contributed by atoms with Crippen LogP contribution in [0.25, 0.3) is 0 Å². The Balaban J connectivity index is 1.69. The molecule has 0 aliphatic rings. The van der Waals surface area contributed by atoms with Crippen LogP contribution in [0.2, 0.25) is 0 Å². The second-order valence-electron chi connectivity index (χ2n) is 8.27. The van der Waals surface area contributed by atoms with E-state index in [-0.39, 0.29) is 18.0 Å². The number of methoxy groups -OCH3 is 2. The van der Waals surface area contributed by atoms with Gasteiger partial charge in [-0.2, -0.15) is 0 Å². The third-order valence-electron chi connectivity index (χ3n) is 5.77. The predicted octanol–water partition coefficient (Wildman–Crippen LogP) is 6.05. The van der Waals surface area contributed by atoms with Crippen molar-refractivity contribution in [3.8, 4) is 23.0 Å². The summed E-state index contributed by atoms with van der Waals surface area (Å²) in [6, 6.07) is 31.7. The molecule has 188 valence electrons. The molecule has 0 amide bonds. The van der Waals surface area contributed by atoms with Crippen LogP contribution >= 0.6 is 0 Å². The van der Waals surface area contributed by atoms with Crippen molar-refractivity contribution >= 4 is 11.6 Å². The molecule has 0 N–H and O–H groups in total. The van der Waals surface area contributed by atoms with Crippen molar-refractivity contribution in [1.29, 1.82) is 0 Å². The van der Waals surface area contributed by atoms with Gasteiger partial charge in [0.2, 0.25) is 11.6 Å². The van der Waals surface area contributed by atoms with Crippen LogP contribution in [0.1, 0.15) is 27.1 Å². The summed E-state index contributed by atoms with van der Waals surface area (Å²) in [4.78, 5) is 27.2. The van der Waals surface area contributed by atoms with Gasteiger partial charge in [0.15, 0.2) is 12.2 Å².